The normalized spacial score (nSPS) is 10.2. The number of aromatic nitrogens is 2. The number of esters is 1. The van der Waals surface area contributed by atoms with E-state index in [9.17, 15) is 4.79 Å². The molecule has 6 heteroatoms. The number of rotatable bonds is 4. The van der Waals surface area contributed by atoms with E-state index < -0.39 is 0 Å². The average molecular weight is 293 g/mol. The number of benzene rings is 1. The molecule has 0 unspecified atom stereocenters. The lowest BCUT2D eigenvalue weighted by atomic mass is 10.2. The first kappa shape index (κ1) is 14.3. The fourth-order valence-electron chi connectivity index (χ4n) is 1.69. The van der Waals surface area contributed by atoms with Crippen LogP contribution in [0.4, 0.5) is 0 Å². The van der Waals surface area contributed by atoms with E-state index in [2.05, 4.69) is 14.7 Å². The van der Waals surface area contributed by atoms with Gasteiger partial charge in [0, 0.05) is 11.8 Å². The van der Waals surface area contributed by atoms with E-state index in [1.54, 1.807) is 7.11 Å². The van der Waals surface area contributed by atoms with Gasteiger partial charge < -0.3 is 9.47 Å². The second kappa shape index (κ2) is 6.34. The van der Waals surface area contributed by atoms with Crippen molar-refractivity contribution in [2.45, 2.75) is 6.42 Å². The summed E-state index contributed by atoms with van der Waals surface area (Å²) in [6.45, 7) is 0. The van der Waals surface area contributed by atoms with Gasteiger partial charge in [-0.3, -0.25) is 4.79 Å². The largest absolute Gasteiger partial charge is 0.496 e. The predicted molar refractivity (Wildman–Crippen MR) is 74.8 cm³/mol. The lowest BCUT2D eigenvalue weighted by molar-refractivity contribution is -0.139. The molecule has 0 saturated carbocycles. The molecule has 0 atom stereocenters. The summed E-state index contributed by atoms with van der Waals surface area (Å²) in [7, 11) is 2.90. The van der Waals surface area contributed by atoms with E-state index >= 15 is 0 Å². The van der Waals surface area contributed by atoms with Crippen LogP contribution in [0.2, 0.25) is 5.15 Å². The molecule has 0 radical (unpaired) electrons. The van der Waals surface area contributed by atoms with Gasteiger partial charge in [0.05, 0.1) is 26.2 Å². The Balaban J connectivity index is 2.35. The van der Waals surface area contributed by atoms with Gasteiger partial charge in [0.1, 0.15) is 10.9 Å². The van der Waals surface area contributed by atoms with Crippen LogP contribution in [0.15, 0.2) is 30.5 Å². The molecule has 0 saturated heterocycles. The first-order chi connectivity index (χ1) is 9.65. The van der Waals surface area contributed by atoms with Crippen LogP contribution in [-0.4, -0.2) is 30.2 Å². The van der Waals surface area contributed by atoms with Gasteiger partial charge in [0.15, 0.2) is 5.82 Å². The van der Waals surface area contributed by atoms with Crippen molar-refractivity contribution in [2.75, 3.05) is 14.2 Å². The summed E-state index contributed by atoms with van der Waals surface area (Å²) in [4.78, 5) is 19.7. The van der Waals surface area contributed by atoms with Gasteiger partial charge in [-0.1, -0.05) is 23.7 Å². The lowest BCUT2D eigenvalue weighted by Gasteiger charge is -2.08. The molecular weight excluding hydrogens is 280 g/mol. The van der Waals surface area contributed by atoms with Crippen molar-refractivity contribution in [1.82, 2.24) is 9.97 Å². The SMILES string of the molecule is COC(=O)Cc1cnc(-c2ccccc2OC)nc1Cl. The van der Waals surface area contributed by atoms with Crippen LogP contribution in [0.3, 0.4) is 0 Å². The molecule has 0 bridgehead atoms. The molecule has 0 spiro atoms. The first-order valence-electron chi connectivity index (χ1n) is 5.87. The van der Waals surface area contributed by atoms with Crippen molar-refractivity contribution < 1.29 is 14.3 Å². The summed E-state index contributed by atoms with van der Waals surface area (Å²) in [6, 6.07) is 7.37. The zero-order valence-corrected chi connectivity index (χ0v) is 11.8. The van der Waals surface area contributed by atoms with Crippen LogP contribution in [0.5, 0.6) is 5.75 Å². The molecule has 0 aliphatic carbocycles. The smallest absolute Gasteiger partial charge is 0.310 e. The van der Waals surface area contributed by atoms with Crippen LogP contribution in [0.25, 0.3) is 11.4 Å². The van der Waals surface area contributed by atoms with Gasteiger partial charge in [0.2, 0.25) is 0 Å². The quantitative estimate of drug-likeness (QED) is 0.640. The van der Waals surface area contributed by atoms with Crippen LogP contribution < -0.4 is 4.74 Å². The van der Waals surface area contributed by atoms with Crippen molar-refractivity contribution in [1.29, 1.82) is 0 Å². The Kier molecular flexibility index (Phi) is 4.53. The highest BCUT2D eigenvalue weighted by Gasteiger charge is 2.13. The van der Waals surface area contributed by atoms with Crippen molar-refractivity contribution in [2.24, 2.45) is 0 Å². The van der Waals surface area contributed by atoms with E-state index in [1.807, 2.05) is 24.3 Å². The molecule has 0 aliphatic rings. The molecule has 2 aromatic rings. The highest BCUT2D eigenvalue weighted by atomic mass is 35.5. The van der Waals surface area contributed by atoms with Gasteiger partial charge in [-0.2, -0.15) is 0 Å². The Morgan fingerprint density at radius 1 is 1.30 bits per heavy atom. The minimum Gasteiger partial charge on any atom is -0.496 e. The molecule has 1 aromatic heterocycles. The minimum absolute atomic E-state index is 0.0432. The van der Waals surface area contributed by atoms with Gasteiger partial charge in [-0.25, -0.2) is 9.97 Å². The number of methoxy groups -OCH3 is 2. The maximum absolute atomic E-state index is 11.2. The summed E-state index contributed by atoms with van der Waals surface area (Å²) in [6.07, 6.45) is 1.57. The number of carbonyl (C=O) groups is 1. The number of halogens is 1. The highest BCUT2D eigenvalue weighted by molar-refractivity contribution is 6.30. The van der Waals surface area contributed by atoms with Gasteiger partial charge in [-0.15, -0.1) is 0 Å². The maximum atomic E-state index is 11.2. The fourth-order valence-corrected chi connectivity index (χ4v) is 1.89. The zero-order valence-electron chi connectivity index (χ0n) is 11.1. The van der Waals surface area contributed by atoms with Crippen LogP contribution in [-0.2, 0) is 16.0 Å². The van der Waals surface area contributed by atoms with Crippen molar-refractivity contribution >= 4 is 17.6 Å². The summed E-state index contributed by atoms with van der Waals surface area (Å²) in [5.41, 5.74) is 1.26. The monoisotopic (exact) mass is 292 g/mol. The first-order valence-corrected chi connectivity index (χ1v) is 6.25. The predicted octanol–water partition coefficient (Wildman–Crippen LogP) is 2.52. The zero-order chi connectivity index (χ0) is 14.5. The van der Waals surface area contributed by atoms with Gasteiger partial charge in [0.25, 0.3) is 0 Å². The van der Waals surface area contributed by atoms with E-state index in [0.29, 0.717) is 17.1 Å². The second-order valence-electron chi connectivity index (χ2n) is 3.96. The number of hydrogen-bond donors (Lipinski definition) is 0. The van der Waals surface area contributed by atoms with Crippen LogP contribution in [0, 0.1) is 0 Å². The number of hydrogen-bond acceptors (Lipinski definition) is 5. The molecule has 1 heterocycles. The Bertz CT molecular complexity index is 632. The number of para-hydroxylation sites is 1. The molecule has 104 valence electrons. The lowest BCUT2D eigenvalue weighted by Crippen LogP contribution is -2.06. The second-order valence-corrected chi connectivity index (χ2v) is 4.32. The van der Waals surface area contributed by atoms with Crippen molar-refractivity contribution in [3.8, 4) is 17.1 Å². The molecule has 0 fully saturated rings. The third kappa shape index (κ3) is 3.05. The summed E-state index contributed by atoms with van der Waals surface area (Å²) < 4.78 is 9.84. The number of carbonyl (C=O) groups excluding carboxylic acids is 1. The molecule has 2 rings (SSSR count). The summed E-state index contributed by atoms with van der Waals surface area (Å²) in [5.74, 6) is 0.714. The average Bonchev–Trinajstić information content (AvgIpc) is 2.49. The third-order valence-electron chi connectivity index (χ3n) is 2.72. The molecule has 5 nitrogen and oxygen atoms in total. The molecule has 0 N–H and O–H groups in total. The maximum Gasteiger partial charge on any atom is 0.310 e. The number of nitrogens with zero attached hydrogens (tertiary/aromatic N) is 2. The van der Waals surface area contributed by atoms with Crippen LogP contribution >= 0.6 is 11.6 Å². The van der Waals surface area contributed by atoms with Crippen molar-refractivity contribution in [3.63, 3.8) is 0 Å². The Morgan fingerprint density at radius 3 is 2.70 bits per heavy atom. The highest BCUT2D eigenvalue weighted by Crippen LogP contribution is 2.28. The molecule has 0 aliphatic heterocycles. The third-order valence-corrected chi connectivity index (χ3v) is 3.05. The standard InChI is InChI=1S/C14H13ClN2O3/c1-19-11-6-4-3-5-10(11)14-16-8-9(13(15)17-14)7-12(18)20-2/h3-6,8H,7H2,1-2H3. The number of ether oxygens (including phenoxy) is 2. The molecule has 1 aromatic carbocycles. The fraction of sp³-hybridized carbons (Fsp3) is 0.214. The molecule has 0 amide bonds. The summed E-state index contributed by atoms with van der Waals surface area (Å²) >= 11 is 6.08. The van der Waals surface area contributed by atoms with E-state index in [-0.39, 0.29) is 17.5 Å². The van der Waals surface area contributed by atoms with Crippen molar-refractivity contribution in [3.05, 3.63) is 41.2 Å². The Labute approximate surface area is 121 Å². The van der Waals surface area contributed by atoms with Crippen LogP contribution in [0.1, 0.15) is 5.56 Å². The molecular formula is C14H13ClN2O3. The van der Waals surface area contributed by atoms with E-state index in [0.717, 1.165) is 5.56 Å². The Morgan fingerprint density at radius 2 is 2.05 bits per heavy atom. The van der Waals surface area contributed by atoms with E-state index in [1.165, 1.54) is 13.3 Å². The Hall–Kier alpha value is -2.14. The topological polar surface area (TPSA) is 61.3 Å². The summed E-state index contributed by atoms with van der Waals surface area (Å²) in [5, 5.41) is 0.228. The van der Waals surface area contributed by atoms with Gasteiger partial charge >= 0.3 is 5.97 Å². The minimum atomic E-state index is -0.388. The molecule has 20 heavy (non-hydrogen) atoms. The van der Waals surface area contributed by atoms with E-state index in [4.69, 9.17) is 16.3 Å². The van der Waals surface area contributed by atoms with Gasteiger partial charge in [-0.05, 0) is 12.1 Å².